The second-order valence-electron chi connectivity index (χ2n) is 8.56. The first-order valence-electron chi connectivity index (χ1n) is 11.1. The molecule has 0 amide bonds. The first-order chi connectivity index (χ1) is 16.3. The van der Waals surface area contributed by atoms with E-state index in [4.69, 9.17) is 19.3 Å². The number of fused-ring (bicyclic) bond motifs is 1. The number of nitrogens with one attached hydrogen (secondary N) is 1. The third-order valence-corrected chi connectivity index (χ3v) is 6.82. The van der Waals surface area contributed by atoms with Crippen molar-refractivity contribution in [3.05, 3.63) is 41.7 Å². The van der Waals surface area contributed by atoms with Crippen LogP contribution >= 0.6 is 0 Å². The summed E-state index contributed by atoms with van der Waals surface area (Å²) in [5, 5.41) is 18.6. The highest BCUT2D eigenvalue weighted by Crippen LogP contribution is 2.36. The monoisotopic (exact) mass is 494 g/mol. The van der Waals surface area contributed by atoms with Crippen LogP contribution in [0.2, 0.25) is 0 Å². The standard InChI is InChI=1S/C22H30N4O7S/c1-30-15-5-3-13-4-6-19(31-2)22(17(13)8-15)26-20-10-21(25-12-24-20)33-16-7-14(18(27)9-16)11-32-34(23,28)29/h3,5,8,10,12,14,16,18-19,22,27H,4,6-7,9,11H2,1-2H3,(H2,23,28,29)(H,24,25,26)/t14-,16+,18-,19+,22-/m0/s1. The summed E-state index contributed by atoms with van der Waals surface area (Å²) < 4.78 is 43.8. The number of aryl methyl sites for hydroxylation is 1. The van der Waals surface area contributed by atoms with E-state index in [2.05, 4.69) is 25.5 Å². The number of methoxy groups -OCH3 is 2. The van der Waals surface area contributed by atoms with Crippen LogP contribution in [0, 0.1) is 5.92 Å². The summed E-state index contributed by atoms with van der Waals surface area (Å²) in [5.74, 6) is 1.28. The minimum absolute atomic E-state index is 0.0523. The van der Waals surface area contributed by atoms with Crippen LogP contribution in [0.4, 0.5) is 5.82 Å². The molecule has 4 rings (SSSR count). The topological polar surface area (TPSA) is 155 Å². The van der Waals surface area contributed by atoms with Crippen molar-refractivity contribution in [1.82, 2.24) is 9.97 Å². The van der Waals surface area contributed by atoms with Gasteiger partial charge in [0.1, 0.15) is 24.0 Å². The lowest BCUT2D eigenvalue weighted by Crippen LogP contribution is -2.32. The maximum atomic E-state index is 11.0. The Morgan fingerprint density at radius 2 is 2.03 bits per heavy atom. The van der Waals surface area contributed by atoms with Crippen molar-refractivity contribution < 1.29 is 31.9 Å². The van der Waals surface area contributed by atoms with E-state index in [1.807, 2.05) is 12.1 Å². The molecule has 11 nitrogen and oxygen atoms in total. The zero-order valence-electron chi connectivity index (χ0n) is 19.1. The molecule has 2 aromatic rings. The number of aliphatic hydroxyl groups excluding tert-OH is 1. The second-order valence-corrected chi connectivity index (χ2v) is 9.78. The molecule has 0 aliphatic heterocycles. The van der Waals surface area contributed by atoms with Gasteiger partial charge in [-0.15, -0.1) is 0 Å². The molecule has 186 valence electrons. The average Bonchev–Trinajstić information content (AvgIpc) is 3.16. The van der Waals surface area contributed by atoms with E-state index in [0.29, 0.717) is 24.5 Å². The molecule has 2 aliphatic rings. The summed E-state index contributed by atoms with van der Waals surface area (Å²) in [5.41, 5.74) is 2.32. The van der Waals surface area contributed by atoms with Crippen molar-refractivity contribution in [3.8, 4) is 11.6 Å². The molecule has 4 N–H and O–H groups in total. The maximum Gasteiger partial charge on any atom is 0.333 e. The quantitative estimate of drug-likeness (QED) is 0.465. The minimum atomic E-state index is -4.06. The summed E-state index contributed by atoms with van der Waals surface area (Å²) in [6.07, 6.45) is 2.75. The molecule has 0 spiro atoms. The lowest BCUT2D eigenvalue weighted by Gasteiger charge is -2.33. The van der Waals surface area contributed by atoms with Crippen LogP contribution < -0.4 is 19.9 Å². The van der Waals surface area contributed by atoms with Crippen molar-refractivity contribution in [3.63, 3.8) is 0 Å². The Labute approximate surface area is 198 Å². The second kappa shape index (κ2) is 10.4. The highest BCUT2D eigenvalue weighted by atomic mass is 32.2. The largest absolute Gasteiger partial charge is 0.497 e. The van der Waals surface area contributed by atoms with Gasteiger partial charge >= 0.3 is 10.3 Å². The zero-order chi connectivity index (χ0) is 24.3. The maximum absolute atomic E-state index is 11.0. The number of hydrogen-bond acceptors (Lipinski definition) is 10. The molecule has 0 saturated heterocycles. The van der Waals surface area contributed by atoms with Crippen LogP contribution in [0.25, 0.3) is 0 Å². The smallest absolute Gasteiger partial charge is 0.333 e. The van der Waals surface area contributed by atoms with E-state index in [9.17, 15) is 13.5 Å². The Balaban J connectivity index is 1.45. The van der Waals surface area contributed by atoms with E-state index in [-0.39, 0.29) is 24.9 Å². The molecule has 1 aromatic heterocycles. The summed E-state index contributed by atoms with van der Waals surface area (Å²) in [7, 11) is -0.728. The Hall–Kier alpha value is -2.51. The number of nitrogens with two attached hydrogens (primary N) is 1. The number of ether oxygens (including phenoxy) is 3. The number of nitrogens with zero attached hydrogens (tertiary/aromatic N) is 2. The van der Waals surface area contributed by atoms with Gasteiger partial charge in [0.05, 0.1) is 32.0 Å². The molecule has 1 heterocycles. The van der Waals surface area contributed by atoms with Crippen molar-refractivity contribution in [1.29, 1.82) is 0 Å². The predicted octanol–water partition coefficient (Wildman–Crippen LogP) is 1.34. The van der Waals surface area contributed by atoms with E-state index < -0.39 is 22.3 Å². The van der Waals surface area contributed by atoms with Gasteiger partial charge in [-0.3, -0.25) is 4.18 Å². The lowest BCUT2D eigenvalue weighted by atomic mass is 9.85. The molecular formula is C22H30N4O7S. The van der Waals surface area contributed by atoms with Crippen LogP contribution in [0.15, 0.2) is 30.6 Å². The normalized spacial score (nSPS) is 26.6. The summed E-state index contributed by atoms with van der Waals surface area (Å²) in [6, 6.07) is 7.60. The fraction of sp³-hybridized carbons (Fsp3) is 0.545. The molecular weight excluding hydrogens is 464 g/mol. The molecule has 1 fully saturated rings. The third-order valence-electron chi connectivity index (χ3n) is 6.35. The van der Waals surface area contributed by atoms with E-state index in [1.165, 1.54) is 11.9 Å². The summed E-state index contributed by atoms with van der Waals surface area (Å²) in [4.78, 5) is 8.53. The van der Waals surface area contributed by atoms with Crippen LogP contribution in [-0.2, 0) is 25.6 Å². The highest BCUT2D eigenvalue weighted by molar-refractivity contribution is 7.84. The molecule has 1 aromatic carbocycles. The first-order valence-corrected chi connectivity index (χ1v) is 12.5. The van der Waals surface area contributed by atoms with Gasteiger partial charge < -0.3 is 24.6 Å². The summed E-state index contributed by atoms with van der Waals surface area (Å²) in [6.45, 7) is -0.195. The van der Waals surface area contributed by atoms with Gasteiger partial charge in [-0.05, 0) is 42.5 Å². The number of hydrogen-bond donors (Lipinski definition) is 3. The number of anilines is 1. The van der Waals surface area contributed by atoms with Gasteiger partial charge in [-0.1, -0.05) is 6.07 Å². The van der Waals surface area contributed by atoms with E-state index in [1.54, 1.807) is 20.3 Å². The fourth-order valence-corrected chi connectivity index (χ4v) is 4.99. The van der Waals surface area contributed by atoms with Crippen LogP contribution in [0.1, 0.15) is 36.4 Å². The van der Waals surface area contributed by atoms with Gasteiger partial charge in [0.2, 0.25) is 5.88 Å². The average molecular weight is 495 g/mol. The Kier molecular flexibility index (Phi) is 7.53. The SMILES string of the molecule is COc1ccc2c(c1)[C@H](Nc1cc(O[C@@H]3C[C@@H](COS(N)(=O)=O)[C@@H](O)C3)ncn1)[C@H](OC)CC2. The lowest BCUT2D eigenvalue weighted by molar-refractivity contribution is 0.0734. The van der Waals surface area contributed by atoms with Crippen LogP contribution in [-0.4, -0.2) is 62.6 Å². The summed E-state index contributed by atoms with van der Waals surface area (Å²) >= 11 is 0. The van der Waals surface area contributed by atoms with Gasteiger partial charge in [0.15, 0.2) is 0 Å². The van der Waals surface area contributed by atoms with Gasteiger partial charge in [0.25, 0.3) is 0 Å². The molecule has 34 heavy (non-hydrogen) atoms. The molecule has 0 radical (unpaired) electrons. The van der Waals surface area contributed by atoms with Crippen LogP contribution in [0.5, 0.6) is 11.6 Å². The van der Waals surface area contributed by atoms with Crippen molar-refractivity contribution in [2.75, 3.05) is 26.1 Å². The Morgan fingerprint density at radius 3 is 2.76 bits per heavy atom. The number of aromatic nitrogens is 2. The van der Waals surface area contributed by atoms with Crippen molar-refractivity contribution in [2.24, 2.45) is 11.1 Å². The molecule has 1 saturated carbocycles. The Morgan fingerprint density at radius 1 is 1.21 bits per heavy atom. The number of aliphatic hydroxyl groups is 1. The van der Waals surface area contributed by atoms with E-state index >= 15 is 0 Å². The first kappa shape index (κ1) is 24.6. The molecule has 0 unspecified atom stereocenters. The van der Waals surface area contributed by atoms with Crippen molar-refractivity contribution in [2.45, 2.75) is 50.0 Å². The zero-order valence-corrected chi connectivity index (χ0v) is 19.9. The molecule has 0 bridgehead atoms. The Bertz CT molecular complexity index is 1100. The molecule has 5 atom stereocenters. The predicted molar refractivity (Wildman–Crippen MR) is 123 cm³/mol. The third kappa shape index (κ3) is 5.94. The molecule has 2 aliphatic carbocycles. The number of rotatable bonds is 9. The van der Waals surface area contributed by atoms with Gasteiger partial charge in [0, 0.05) is 25.5 Å². The number of benzene rings is 1. The van der Waals surface area contributed by atoms with Gasteiger partial charge in [-0.2, -0.15) is 8.42 Å². The van der Waals surface area contributed by atoms with Gasteiger partial charge in [-0.25, -0.2) is 15.1 Å². The molecule has 12 heteroatoms. The minimum Gasteiger partial charge on any atom is -0.497 e. The van der Waals surface area contributed by atoms with E-state index in [0.717, 1.165) is 24.2 Å². The van der Waals surface area contributed by atoms with Crippen LogP contribution in [0.3, 0.4) is 0 Å². The highest BCUT2D eigenvalue weighted by Gasteiger charge is 2.36. The van der Waals surface area contributed by atoms with Crippen molar-refractivity contribution >= 4 is 16.1 Å². The fourth-order valence-electron chi connectivity index (χ4n) is 4.63.